The van der Waals surface area contributed by atoms with Crippen LogP contribution in [0.3, 0.4) is 0 Å². The van der Waals surface area contributed by atoms with Gasteiger partial charge in [-0.15, -0.1) is 0 Å². The third-order valence-electron chi connectivity index (χ3n) is 3.53. The van der Waals surface area contributed by atoms with Crippen molar-refractivity contribution in [3.63, 3.8) is 0 Å². The lowest BCUT2D eigenvalue weighted by Crippen LogP contribution is -2.26. The van der Waals surface area contributed by atoms with E-state index < -0.39 is 0 Å². The minimum Gasteiger partial charge on any atom is -0.345 e. The third-order valence-corrected chi connectivity index (χ3v) is 4.25. The first-order valence-corrected chi connectivity index (χ1v) is 7.95. The first-order chi connectivity index (χ1) is 11.1. The molecule has 0 spiro atoms. The molecule has 1 amide bonds. The summed E-state index contributed by atoms with van der Waals surface area (Å²) in [5.41, 5.74) is 2.51. The average Bonchev–Trinajstić information content (AvgIpc) is 3.09. The van der Waals surface area contributed by atoms with Crippen LogP contribution in [0.15, 0.2) is 65.7 Å². The van der Waals surface area contributed by atoms with E-state index in [2.05, 4.69) is 31.3 Å². The largest absolute Gasteiger partial charge is 0.345 e. The molecule has 116 valence electrons. The Hall–Kier alpha value is -2.47. The molecule has 3 rings (SSSR count). The summed E-state index contributed by atoms with van der Waals surface area (Å²) in [5.74, 6) is -0.113. The standard InChI is InChI=1S/C17H15BrN4O/c1-12(15-4-2-3-5-16(15)18)21-17(23)13-6-8-14(9-7-13)22-11-19-10-20-22/h2-12H,1H3,(H,21,23). The van der Waals surface area contributed by atoms with Crippen molar-refractivity contribution in [3.05, 3.63) is 76.8 Å². The molecule has 3 aromatic rings. The molecule has 0 saturated carbocycles. The molecule has 0 saturated heterocycles. The molecule has 1 unspecified atom stereocenters. The van der Waals surface area contributed by atoms with Crippen molar-refractivity contribution in [3.8, 4) is 5.69 Å². The molecule has 0 bridgehead atoms. The quantitative estimate of drug-likeness (QED) is 0.764. The molecule has 1 heterocycles. The van der Waals surface area contributed by atoms with Gasteiger partial charge in [0, 0.05) is 10.0 Å². The van der Waals surface area contributed by atoms with Crippen molar-refractivity contribution in [2.75, 3.05) is 0 Å². The number of rotatable bonds is 4. The summed E-state index contributed by atoms with van der Waals surface area (Å²) in [5, 5.41) is 7.06. The average molecular weight is 371 g/mol. The number of carbonyl (C=O) groups is 1. The number of hydrogen-bond acceptors (Lipinski definition) is 3. The number of nitrogens with zero attached hydrogens (tertiary/aromatic N) is 3. The maximum Gasteiger partial charge on any atom is 0.251 e. The van der Waals surface area contributed by atoms with Crippen molar-refractivity contribution in [2.24, 2.45) is 0 Å². The van der Waals surface area contributed by atoms with Crippen LogP contribution in [0, 0.1) is 0 Å². The molecule has 23 heavy (non-hydrogen) atoms. The number of nitrogens with one attached hydrogen (secondary N) is 1. The van der Waals surface area contributed by atoms with Crippen LogP contribution in [0.5, 0.6) is 0 Å². The Bertz CT molecular complexity index is 800. The Labute approximate surface area is 142 Å². The van der Waals surface area contributed by atoms with E-state index in [1.165, 1.54) is 6.33 Å². The summed E-state index contributed by atoms with van der Waals surface area (Å²) < 4.78 is 2.63. The SMILES string of the molecule is CC(NC(=O)c1ccc(-n2cncn2)cc1)c1ccccc1Br. The number of halogens is 1. The molecule has 0 fully saturated rings. The first-order valence-electron chi connectivity index (χ1n) is 7.15. The fourth-order valence-electron chi connectivity index (χ4n) is 2.29. The van der Waals surface area contributed by atoms with Gasteiger partial charge in [0.15, 0.2) is 0 Å². The molecule has 1 N–H and O–H groups in total. The first kappa shape index (κ1) is 15.4. The van der Waals surface area contributed by atoms with Gasteiger partial charge < -0.3 is 5.32 Å². The van der Waals surface area contributed by atoms with Gasteiger partial charge in [-0.3, -0.25) is 4.79 Å². The van der Waals surface area contributed by atoms with E-state index in [-0.39, 0.29) is 11.9 Å². The van der Waals surface area contributed by atoms with E-state index in [0.717, 1.165) is 15.7 Å². The van der Waals surface area contributed by atoms with E-state index in [1.54, 1.807) is 23.1 Å². The fourth-order valence-corrected chi connectivity index (χ4v) is 2.92. The molecule has 0 aliphatic rings. The summed E-state index contributed by atoms with van der Waals surface area (Å²) in [6.07, 6.45) is 3.09. The van der Waals surface area contributed by atoms with Crippen LogP contribution in [-0.4, -0.2) is 20.7 Å². The molecule has 0 aliphatic carbocycles. The van der Waals surface area contributed by atoms with Gasteiger partial charge in [0.25, 0.3) is 5.91 Å². The van der Waals surface area contributed by atoms with E-state index in [0.29, 0.717) is 5.56 Å². The molecule has 5 nitrogen and oxygen atoms in total. The predicted octanol–water partition coefficient (Wildman–Crippen LogP) is 3.52. The van der Waals surface area contributed by atoms with E-state index in [1.807, 2.05) is 43.3 Å². The lowest BCUT2D eigenvalue weighted by Gasteiger charge is -2.16. The van der Waals surface area contributed by atoms with Crippen molar-refractivity contribution in [2.45, 2.75) is 13.0 Å². The van der Waals surface area contributed by atoms with Gasteiger partial charge in [-0.05, 0) is 42.8 Å². The second-order valence-electron chi connectivity index (χ2n) is 5.10. The van der Waals surface area contributed by atoms with Crippen molar-refractivity contribution < 1.29 is 4.79 Å². The minimum absolute atomic E-state index is 0.0898. The van der Waals surface area contributed by atoms with Gasteiger partial charge in [-0.1, -0.05) is 34.1 Å². The van der Waals surface area contributed by atoms with Gasteiger partial charge in [0.05, 0.1) is 11.7 Å². The Kier molecular flexibility index (Phi) is 4.52. The van der Waals surface area contributed by atoms with Crippen molar-refractivity contribution >= 4 is 21.8 Å². The van der Waals surface area contributed by atoms with E-state index in [9.17, 15) is 4.79 Å². The van der Waals surface area contributed by atoms with Crippen LogP contribution in [-0.2, 0) is 0 Å². The zero-order chi connectivity index (χ0) is 16.2. The van der Waals surface area contributed by atoms with Crippen LogP contribution in [0.2, 0.25) is 0 Å². The highest BCUT2D eigenvalue weighted by molar-refractivity contribution is 9.10. The van der Waals surface area contributed by atoms with Gasteiger partial charge in [0.1, 0.15) is 12.7 Å². The van der Waals surface area contributed by atoms with Crippen LogP contribution in [0.4, 0.5) is 0 Å². The summed E-state index contributed by atoms with van der Waals surface area (Å²) in [7, 11) is 0. The molecule has 0 aliphatic heterocycles. The monoisotopic (exact) mass is 370 g/mol. The van der Waals surface area contributed by atoms with Gasteiger partial charge in [-0.25, -0.2) is 9.67 Å². The highest BCUT2D eigenvalue weighted by Crippen LogP contribution is 2.23. The highest BCUT2D eigenvalue weighted by atomic mass is 79.9. The lowest BCUT2D eigenvalue weighted by atomic mass is 10.1. The molecule has 6 heteroatoms. The molecule has 2 aromatic carbocycles. The molecule has 1 atom stereocenters. The van der Waals surface area contributed by atoms with Crippen LogP contribution in [0.25, 0.3) is 5.69 Å². The molecule has 0 radical (unpaired) electrons. The van der Waals surface area contributed by atoms with Crippen LogP contribution < -0.4 is 5.32 Å². The Balaban J connectivity index is 1.72. The molecular formula is C17H15BrN4O. The molecule has 1 aromatic heterocycles. The van der Waals surface area contributed by atoms with Crippen LogP contribution >= 0.6 is 15.9 Å². The number of hydrogen-bond donors (Lipinski definition) is 1. The predicted molar refractivity (Wildman–Crippen MR) is 91.4 cm³/mol. The van der Waals surface area contributed by atoms with Crippen LogP contribution in [0.1, 0.15) is 28.9 Å². The van der Waals surface area contributed by atoms with Gasteiger partial charge in [-0.2, -0.15) is 5.10 Å². The Morgan fingerprint density at radius 3 is 2.57 bits per heavy atom. The van der Waals surface area contributed by atoms with Crippen molar-refractivity contribution in [1.82, 2.24) is 20.1 Å². The minimum atomic E-state index is -0.113. The smallest absolute Gasteiger partial charge is 0.251 e. The molecular weight excluding hydrogens is 356 g/mol. The third kappa shape index (κ3) is 3.48. The number of benzene rings is 2. The maximum atomic E-state index is 12.4. The van der Waals surface area contributed by atoms with Crippen molar-refractivity contribution in [1.29, 1.82) is 0 Å². The Morgan fingerprint density at radius 1 is 1.17 bits per heavy atom. The highest BCUT2D eigenvalue weighted by Gasteiger charge is 2.13. The topological polar surface area (TPSA) is 59.8 Å². The van der Waals surface area contributed by atoms with E-state index in [4.69, 9.17) is 0 Å². The van der Waals surface area contributed by atoms with Gasteiger partial charge >= 0.3 is 0 Å². The number of carbonyl (C=O) groups excluding carboxylic acids is 1. The van der Waals surface area contributed by atoms with Gasteiger partial charge in [0.2, 0.25) is 0 Å². The zero-order valence-electron chi connectivity index (χ0n) is 12.5. The maximum absolute atomic E-state index is 12.4. The Morgan fingerprint density at radius 2 is 1.91 bits per heavy atom. The lowest BCUT2D eigenvalue weighted by molar-refractivity contribution is 0.0940. The van der Waals surface area contributed by atoms with E-state index >= 15 is 0 Å². The summed E-state index contributed by atoms with van der Waals surface area (Å²) in [4.78, 5) is 16.3. The second-order valence-corrected chi connectivity index (χ2v) is 5.96. The fraction of sp³-hybridized carbons (Fsp3) is 0.118. The number of aromatic nitrogens is 3. The normalized spacial score (nSPS) is 11.9. The zero-order valence-corrected chi connectivity index (χ0v) is 14.1. The summed E-state index contributed by atoms with van der Waals surface area (Å²) >= 11 is 3.51. The second kappa shape index (κ2) is 6.75. The number of amides is 1. The summed E-state index contributed by atoms with van der Waals surface area (Å²) in [6, 6.07) is 15.0. The summed E-state index contributed by atoms with van der Waals surface area (Å²) in [6.45, 7) is 1.96.